The van der Waals surface area contributed by atoms with Crippen molar-refractivity contribution >= 4 is 50.7 Å². The van der Waals surface area contributed by atoms with Gasteiger partial charge in [0.05, 0.1) is 22.1 Å². The minimum absolute atomic E-state index is 0.00849. The molecule has 1 aromatic heterocycles. The van der Waals surface area contributed by atoms with Gasteiger partial charge in [-0.3, -0.25) is 9.59 Å². The van der Waals surface area contributed by atoms with Gasteiger partial charge in [0, 0.05) is 35.4 Å². The van der Waals surface area contributed by atoms with E-state index in [4.69, 9.17) is 27.9 Å². The predicted octanol–water partition coefficient (Wildman–Crippen LogP) is 4.17. The van der Waals surface area contributed by atoms with Crippen molar-refractivity contribution in [1.29, 1.82) is 0 Å². The SMILES string of the molecule is CC(C)(Oc1ccc(Cl)cc1Cl)C(=O)NC1CC2CCC(C1)N2c1ccc(C(=O)NC2CCS(=O)(=O)CC2)cn1. The summed E-state index contributed by atoms with van der Waals surface area (Å²) in [6.45, 7) is 3.43. The molecule has 0 radical (unpaired) electrons. The highest BCUT2D eigenvalue weighted by Gasteiger charge is 2.43. The molecular weight excluding hydrogens is 575 g/mol. The third kappa shape index (κ3) is 6.50. The number of fused-ring (bicyclic) bond motifs is 2. The molecule has 2 N–H and O–H groups in total. The normalized spacial score (nSPS) is 24.4. The van der Waals surface area contributed by atoms with Crippen molar-refractivity contribution in [3.8, 4) is 5.75 Å². The molecule has 3 aliphatic rings. The maximum Gasteiger partial charge on any atom is 0.263 e. The summed E-state index contributed by atoms with van der Waals surface area (Å²) in [5.41, 5.74) is -0.674. The lowest BCUT2D eigenvalue weighted by molar-refractivity contribution is -0.135. The van der Waals surface area contributed by atoms with Gasteiger partial charge in [0.25, 0.3) is 11.8 Å². The van der Waals surface area contributed by atoms with Gasteiger partial charge in [-0.1, -0.05) is 23.2 Å². The monoisotopic (exact) mass is 608 g/mol. The van der Waals surface area contributed by atoms with Crippen LogP contribution in [0, 0.1) is 0 Å². The first-order valence-electron chi connectivity index (χ1n) is 13.6. The van der Waals surface area contributed by atoms with Crippen LogP contribution in [0.25, 0.3) is 0 Å². The van der Waals surface area contributed by atoms with Crippen LogP contribution >= 0.6 is 23.2 Å². The Bertz CT molecular complexity index is 1360. The molecule has 4 heterocycles. The minimum atomic E-state index is -2.98. The molecule has 1 aromatic carbocycles. The van der Waals surface area contributed by atoms with E-state index < -0.39 is 15.4 Å². The van der Waals surface area contributed by atoms with E-state index in [2.05, 4.69) is 20.5 Å². The van der Waals surface area contributed by atoms with E-state index in [1.165, 1.54) is 0 Å². The van der Waals surface area contributed by atoms with Crippen molar-refractivity contribution in [2.24, 2.45) is 0 Å². The number of nitrogens with one attached hydrogen (secondary N) is 2. The second-order valence-corrected chi connectivity index (χ2v) is 14.6. The molecule has 2 atom stereocenters. The van der Waals surface area contributed by atoms with Gasteiger partial charge >= 0.3 is 0 Å². The largest absolute Gasteiger partial charge is 0.476 e. The van der Waals surface area contributed by atoms with Crippen LogP contribution in [0.3, 0.4) is 0 Å². The molecule has 0 saturated carbocycles. The zero-order chi connectivity index (χ0) is 28.7. The summed E-state index contributed by atoms with van der Waals surface area (Å²) >= 11 is 12.2. The first kappa shape index (κ1) is 29.0. The van der Waals surface area contributed by atoms with E-state index in [0.717, 1.165) is 31.5 Å². The van der Waals surface area contributed by atoms with Gasteiger partial charge in [-0.15, -0.1) is 0 Å². The molecule has 2 aromatic rings. The lowest BCUT2D eigenvalue weighted by Crippen LogP contribution is -2.55. The number of amides is 2. The van der Waals surface area contributed by atoms with Crippen molar-refractivity contribution < 1.29 is 22.7 Å². The van der Waals surface area contributed by atoms with E-state index in [9.17, 15) is 18.0 Å². The highest BCUT2D eigenvalue weighted by molar-refractivity contribution is 7.91. The van der Waals surface area contributed by atoms with Crippen LogP contribution in [-0.2, 0) is 14.6 Å². The fraction of sp³-hybridized carbons (Fsp3) is 0.536. The summed E-state index contributed by atoms with van der Waals surface area (Å²) in [5.74, 6) is 0.984. The summed E-state index contributed by atoms with van der Waals surface area (Å²) in [7, 11) is -2.98. The second-order valence-electron chi connectivity index (χ2n) is 11.4. The van der Waals surface area contributed by atoms with E-state index in [0.29, 0.717) is 34.2 Å². The number of carbonyl (C=O) groups is 2. The number of rotatable bonds is 7. The first-order valence-corrected chi connectivity index (χ1v) is 16.2. The number of pyridine rings is 1. The number of benzene rings is 1. The molecule has 3 saturated heterocycles. The lowest BCUT2D eigenvalue weighted by Gasteiger charge is -2.40. The van der Waals surface area contributed by atoms with Crippen molar-refractivity contribution in [2.45, 2.75) is 82.1 Å². The number of anilines is 1. The Labute approximate surface area is 244 Å². The van der Waals surface area contributed by atoms with Gasteiger partial charge in [0.15, 0.2) is 5.60 Å². The highest BCUT2D eigenvalue weighted by Crippen LogP contribution is 2.39. The number of piperidine rings is 1. The molecule has 0 aliphatic carbocycles. The standard InChI is InChI=1S/C28H34Cl2N4O5S/c1-28(2,39-24-7-4-18(29)13-23(24)30)27(36)33-20-14-21-5-6-22(15-20)34(21)25-8-3-17(16-31-25)26(35)32-19-9-11-40(37,38)12-10-19/h3-4,7-8,13,16,19-22H,5-6,9-12,14-15H2,1-2H3,(H,32,35)(H,33,36). The number of ether oxygens (including phenoxy) is 1. The number of halogens is 2. The number of aromatic nitrogens is 1. The molecule has 0 spiro atoms. The van der Waals surface area contributed by atoms with Gasteiger partial charge in [0.2, 0.25) is 0 Å². The fourth-order valence-electron chi connectivity index (χ4n) is 5.88. The molecule has 40 heavy (non-hydrogen) atoms. The second kappa shape index (κ2) is 11.4. The van der Waals surface area contributed by atoms with E-state index >= 15 is 0 Å². The quantitative estimate of drug-likeness (QED) is 0.484. The minimum Gasteiger partial charge on any atom is -0.476 e. The molecule has 3 fully saturated rings. The maximum absolute atomic E-state index is 13.2. The molecule has 5 rings (SSSR count). The number of hydrogen-bond donors (Lipinski definition) is 2. The fourth-order valence-corrected chi connectivity index (χ4v) is 7.82. The molecule has 2 unspecified atom stereocenters. The maximum atomic E-state index is 13.2. The Morgan fingerprint density at radius 1 is 0.975 bits per heavy atom. The van der Waals surface area contributed by atoms with Crippen molar-refractivity contribution in [2.75, 3.05) is 16.4 Å². The van der Waals surface area contributed by atoms with Gasteiger partial charge in [-0.05, 0) is 82.7 Å². The van der Waals surface area contributed by atoms with Crippen LogP contribution < -0.4 is 20.3 Å². The van der Waals surface area contributed by atoms with Gasteiger partial charge in [0.1, 0.15) is 21.4 Å². The lowest BCUT2D eigenvalue weighted by atomic mass is 9.96. The number of sulfone groups is 1. The topological polar surface area (TPSA) is 118 Å². The molecule has 9 nitrogen and oxygen atoms in total. The van der Waals surface area contributed by atoms with Crippen LogP contribution in [0.4, 0.5) is 5.82 Å². The van der Waals surface area contributed by atoms with E-state index in [-0.39, 0.29) is 47.5 Å². The predicted molar refractivity (Wildman–Crippen MR) is 155 cm³/mol. The summed E-state index contributed by atoms with van der Waals surface area (Å²) in [6.07, 6.45) is 6.04. The van der Waals surface area contributed by atoms with Crippen LogP contribution in [0.2, 0.25) is 10.0 Å². The first-order chi connectivity index (χ1) is 18.9. The van der Waals surface area contributed by atoms with Crippen LogP contribution in [0.5, 0.6) is 5.75 Å². The zero-order valence-corrected chi connectivity index (χ0v) is 24.9. The molecule has 12 heteroatoms. The Hall–Kier alpha value is -2.56. The Kier molecular flexibility index (Phi) is 8.23. The van der Waals surface area contributed by atoms with Crippen LogP contribution in [0.15, 0.2) is 36.5 Å². The van der Waals surface area contributed by atoms with Gasteiger partial charge in [-0.2, -0.15) is 0 Å². The third-order valence-corrected chi connectivity index (χ3v) is 10.3. The number of carbonyl (C=O) groups excluding carboxylic acids is 2. The molecule has 216 valence electrons. The summed E-state index contributed by atoms with van der Waals surface area (Å²) in [6, 6.07) is 8.88. The van der Waals surface area contributed by atoms with Gasteiger partial charge < -0.3 is 20.3 Å². The zero-order valence-electron chi connectivity index (χ0n) is 22.5. The Balaban J connectivity index is 1.16. The Morgan fingerprint density at radius 3 is 2.25 bits per heavy atom. The summed E-state index contributed by atoms with van der Waals surface area (Å²) in [4.78, 5) is 32.8. The number of nitrogens with zero attached hydrogens (tertiary/aromatic N) is 2. The summed E-state index contributed by atoms with van der Waals surface area (Å²) in [5, 5.41) is 6.96. The molecule has 2 amide bonds. The van der Waals surface area contributed by atoms with Gasteiger partial charge in [-0.25, -0.2) is 13.4 Å². The molecular formula is C28H34Cl2N4O5S. The van der Waals surface area contributed by atoms with Crippen molar-refractivity contribution in [3.63, 3.8) is 0 Å². The van der Waals surface area contributed by atoms with Crippen molar-refractivity contribution in [3.05, 3.63) is 52.1 Å². The number of hydrogen-bond acceptors (Lipinski definition) is 7. The smallest absolute Gasteiger partial charge is 0.263 e. The van der Waals surface area contributed by atoms with Crippen LogP contribution in [0.1, 0.15) is 62.7 Å². The van der Waals surface area contributed by atoms with E-state index in [1.807, 2.05) is 6.07 Å². The third-order valence-electron chi connectivity index (χ3n) is 8.04. The highest BCUT2D eigenvalue weighted by atomic mass is 35.5. The van der Waals surface area contributed by atoms with E-state index in [1.54, 1.807) is 44.3 Å². The average Bonchev–Trinajstić information content (AvgIpc) is 3.17. The van der Waals surface area contributed by atoms with Crippen molar-refractivity contribution in [1.82, 2.24) is 15.6 Å². The summed E-state index contributed by atoms with van der Waals surface area (Å²) < 4.78 is 29.2. The molecule has 2 bridgehead atoms. The molecule has 3 aliphatic heterocycles. The Morgan fingerprint density at radius 2 is 1.65 bits per heavy atom. The van der Waals surface area contributed by atoms with Crippen LogP contribution in [-0.4, -0.2) is 66.5 Å². The average molecular weight is 610 g/mol.